The Labute approximate surface area is 203 Å². The van der Waals surface area contributed by atoms with E-state index < -0.39 is 22.7 Å². The van der Waals surface area contributed by atoms with E-state index in [9.17, 15) is 18.7 Å². The number of rotatable bonds is 6. The van der Waals surface area contributed by atoms with Crippen molar-refractivity contribution in [2.24, 2.45) is 5.41 Å². The second-order valence-corrected chi connectivity index (χ2v) is 11.0. The van der Waals surface area contributed by atoms with Gasteiger partial charge in [0.2, 0.25) is 0 Å². The zero-order valence-electron chi connectivity index (χ0n) is 20.4. The second-order valence-electron chi connectivity index (χ2n) is 11.0. The molecule has 0 spiro atoms. The summed E-state index contributed by atoms with van der Waals surface area (Å²) in [6.07, 6.45) is 2.23. The molecule has 5 rings (SSSR count). The SMILES string of the molecule is CC(C)(O)CCC(=O)c1cccc([C@@]23CC[C@@H](c4cc(-c5c(F)cccc5F)nnc42)C3(C)C)n1. The fourth-order valence-corrected chi connectivity index (χ4v) is 6.13. The van der Waals surface area contributed by atoms with Gasteiger partial charge in [0.1, 0.15) is 17.3 Å². The number of aromatic nitrogens is 3. The van der Waals surface area contributed by atoms with Crippen LogP contribution in [-0.4, -0.2) is 31.7 Å². The van der Waals surface area contributed by atoms with E-state index in [0.717, 1.165) is 29.8 Å². The minimum Gasteiger partial charge on any atom is -0.390 e. The number of ketones is 1. The minimum atomic E-state index is -0.929. The molecule has 182 valence electrons. The number of benzene rings is 1. The maximum atomic E-state index is 14.5. The summed E-state index contributed by atoms with van der Waals surface area (Å²) in [5, 5.41) is 18.8. The molecule has 1 fully saturated rings. The molecule has 1 aromatic carbocycles. The number of carbonyl (C=O) groups is 1. The average Bonchev–Trinajstić information content (AvgIpc) is 3.18. The Kier molecular flexibility index (Phi) is 5.40. The lowest BCUT2D eigenvalue weighted by molar-refractivity contribution is 0.0631. The van der Waals surface area contributed by atoms with Crippen molar-refractivity contribution in [3.05, 3.63) is 76.7 Å². The van der Waals surface area contributed by atoms with E-state index in [0.29, 0.717) is 12.1 Å². The van der Waals surface area contributed by atoms with Crippen molar-refractivity contribution in [2.75, 3.05) is 0 Å². The van der Waals surface area contributed by atoms with E-state index >= 15 is 0 Å². The number of fused-ring (bicyclic) bond motifs is 5. The van der Waals surface area contributed by atoms with Crippen LogP contribution < -0.4 is 0 Å². The number of hydrogen-bond acceptors (Lipinski definition) is 5. The number of halogens is 2. The van der Waals surface area contributed by atoms with Crippen LogP contribution in [0.25, 0.3) is 11.3 Å². The summed E-state index contributed by atoms with van der Waals surface area (Å²) in [6.45, 7) is 7.69. The molecule has 2 aromatic heterocycles. The topological polar surface area (TPSA) is 76.0 Å². The summed E-state index contributed by atoms with van der Waals surface area (Å²) in [6, 6.07) is 11.0. The molecule has 5 nitrogen and oxygen atoms in total. The molecule has 2 heterocycles. The summed E-state index contributed by atoms with van der Waals surface area (Å²) in [5.74, 6) is -1.34. The van der Waals surface area contributed by atoms with Gasteiger partial charge in [0.05, 0.1) is 33.7 Å². The fourth-order valence-electron chi connectivity index (χ4n) is 6.13. The molecule has 0 unspecified atom stereocenters. The van der Waals surface area contributed by atoms with Crippen LogP contribution in [0.4, 0.5) is 8.78 Å². The quantitative estimate of drug-likeness (QED) is 0.457. The van der Waals surface area contributed by atoms with Gasteiger partial charge in [-0.25, -0.2) is 13.8 Å². The average molecular weight is 478 g/mol. The molecule has 2 aliphatic carbocycles. The predicted octanol–water partition coefficient (Wildman–Crippen LogP) is 5.75. The van der Waals surface area contributed by atoms with Crippen molar-refractivity contribution in [3.8, 4) is 11.3 Å². The monoisotopic (exact) mass is 477 g/mol. The number of nitrogens with zero attached hydrogens (tertiary/aromatic N) is 3. The molecular formula is C28H29F2N3O2. The van der Waals surface area contributed by atoms with Gasteiger partial charge in [0.25, 0.3) is 0 Å². The van der Waals surface area contributed by atoms with Gasteiger partial charge in [-0.05, 0) is 80.3 Å². The van der Waals surface area contributed by atoms with Gasteiger partial charge in [-0.1, -0.05) is 26.0 Å². The highest BCUT2D eigenvalue weighted by molar-refractivity contribution is 5.94. The third-order valence-corrected chi connectivity index (χ3v) is 8.04. The standard InChI is InChI=1S/C28H29F2N3O2/c1-26(2,35)13-12-22(34)20-9-6-10-23(31-20)28-14-11-17(27(28,3)4)16-15-21(32-33-25(16)28)24-18(29)7-5-8-19(24)30/h5-10,15,17,35H,11-14H2,1-4H3/t17-,28-/m0/s1. The summed E-state index contributed by atoms with van der Waals surface area (Å²) in [5.41, 5.74) is 1.08. The van der Waals surface area contributed by atoms with Gasteiger partial charge in [-0.15, -0.1) is 5.10 Å². The lowest BCUT2D eigenvalue weighted by atomic mass is 9.66. The van der Waals surface area contributed by atoms with Crippen LogP contribution in [-0.2, 0) is 5.41 Å². The number of Topliss-reactive ketones (excluding diaryl/α,β-unsaturated/α-hetero) is 1. The number of carbonyl (C=O) groups excluding carboxylic acids is 1. The largest absolute Gasteiger partial charge is 0.390 e. The van der Waals surface area contributed by atoms with Crippen molar-refractivity contribution in [2.45, 2.75) is 70.3 Å². The Morgan fingerprint density at radius 2 is 1.80 bits per heavy atom. The van der Waals surface area contributed by atoms with Crippen molar-refractivity contribution in [1.29, 1.82) is 0 Å². The smallest absolute Gasteiger partial charge is 0.181 e. The van der Waals surface area contributed by atoms with Crippen LogP contribution in [0.15, 0.2) is 42.5 Å². The molecule has 1 N–H and O–H groups in total. The summed E-state index contributed by atoms with van der Waals surface area (Å²) in [4.78, 5) is 17.7. The highest BCUT2D eigenvalue weighted by Crippen LogP contribution is 2.69. The van der Waals surface area contributed by atoms with E-state index in [1.807, 2.05) is 12.1 Å². The molecule has 0 amide bonds. The van der Waals surface area contributed by atoms with E-state index in [2.05, 4.69) is 24.0 Å². The van der Waals surface area contributed by atoms with Gasteiger partial charge in [-0.3, -0.25) is 4.79 Å². The Balaban J connectivity index is 1.59. The lowest BCUT2D eigenvalue weighted by Crippen LogP contribution is -2.38. The van der Waals surface area contributed by atoms with Gasteiger partial charge in [0, 0.05) is 6.42 Å². The fraction of sp³-hybridized carbons (Fsp3) is 0.429. The first kappa shape index (κ1) is 23.7. The third kappa shape index (κ3) is 3.59. The molecule has 1 saturated carbocycles. The van der Waals surface area contributed by atoms with Gasteiger partial charge in [0.15, 0.2) is 5.78 Å². The molecule has 2 aliphatic rings. The molecule has 35 heavy (non-hydrogen) atoms. The normalized spacial score (nSPS) is 22.3. The molecule has 3 aromatic rings. The summed E-state index contributed by atoms with van der Waals surface area (Å²) in [7, 11) is 0. The van der Waals surface area contributed by atoms with Crippen LogP contribution in [0.5, 0.6) is 0 Å². The minimum absolute atomic E-state index is 0.118. The second kappa shape index (κ2) is 7.98. The molecule has 2 bridgehead atoms. The van der Waals surface area contributed by atoms with Crippen molar-refractivity contribution in [3.63, 3.8) is 0 Å². The van der Waals surface area contributed by atoms with Gasteiger partial charge < -0.3 is 5.11 Å². The van der Waals surface area contributed by atoms with Crippen LogP contribution in [0.3, 0.4) is 0 Å². The van der Waals surface area contributed by atoms with Crippen LogP contribution in [0, 0.1) is 17.0 Å². The van der Waals surface area contributed by atoms with Crippen molar-refractivity contribution < 1.29 is 18.7 Å². The van der Waals surface area contributed by atoms with E-state index in [-0.39, 0.29) is 34.8 Å². The zero-order chi connectivity index (χ0) is 25.2. The predicted molar refractivity (Wildman–Crippen MR) is 128 cm³/mol. The molecule has 0 aliphatic heterocycles. The van der Waals surface area contributed by atoms with Gasteiger partial charge in [-0.2, -0.15) is 5.10 Å². The first-order valence-electron chi connectivity index (χ1n) is 12.0. The van der Waals surface area contributed by atoms with Gasteiger partial charge >= 0.3 is 0 Å². The Morgan fingerprint density at radius 3 is 2.49 bits per heavy atom. The highest BCUT2D eigenvalue weighted by Gasteiger charge is 2.65. The van der Waals surface area contributed by atoms with Crippen LogP contribution in [0.2, 0.25) is 0 Å². The maximum absolute atomic E-state index is 14.5. The van der Waals surface area contributed by atoms with Crippen LogP contribution in [0.1, 0.15) is 86.7 Å². The van der Waals surface area contributed by atoms with E-state index in [1.54, 1.807) is 26.0 Å². The van der Waals surface area contributed by atoms with Crippen molar-refractivity contribution >= 4 is 5.78 Å². The third-order valence-electron chi connectivity index (χ3n) is 8.04. The molecular weight excluding hydrogens is 448 g/mol. The molecule has 7 heteroatoms. The number of pyridine rings is 1. The number of hydrogen-bond donors (Lipinski definition) is 1. The Bertz CT molecular complexity index is 1310. The first-order chi connectivity index (χ1) is 16.5. The Hall–Kier alpha value is -3.06. The Morgan fingerprint density at radius 1 is 1.11 bits per heavy atom. The highest BCUT2D eigenvalue weighted by atomic mass is 19.1. The van der Waals surface area contributed by atoms with Crippen LogP contribution >= 0.6 is 0 Å². The first-order valence-corrected chi connectivity index (χ1v) is 12.0. The maximum Gasteiger partial charge on any atom is 0.181 e. The molecule has 2 atom stereocenters. The van der Waals surface area contributed by atoms with E-state index in [1.165, 1.54) is 18.2 Å². The summed E-state index contributed by atoms with van der Waals surface area (Å²) >= 11 is 0. The lowest BCUT2D eigenvalue weighted by Gasteiger charge is -2.37. The summed E-state index contributed by atoms with van der Waals surface area (Å²) < 4.78 is 28.9. The zero-order valence-corrected chi connectivity index (χ0v) is 20.4. The molecule has 0 saturated heterocycles. The van der Waals surface area contributed by atoms with Crippen molar-refractivity contribution in [1.82, 2.24) is 15.2 Å². The number of aliphatic hydroxyl groups is 1. The van der Waals surface area contributed by atoms with E-state index in [4.69, 9.17) is 4.98 Å². The molecule has 0 radical (unpaired) electrons.